The largest absolute Gasteiger partial charge is 0.496 e. The van der Waals surface area contributed by atoms with Gasteiger partial charge in [0.15, 0.2) is 5.11 Å². The van der Waals surface area contributed by atoms with Crippen LogP contribution in [0.4, 0.5) is 5.69 Å². The topological polar surface area (TPSA) is 67.9 Å². The molecule has 1 fully saturated rings. The average Bonchev–Trinajstić information content (AvgIpc) is 2.92. The van der Waals surface area contributed by atoms with Crippen molar-refractivity contribution in [1.29, 1.82) is 0 Å². The van der Waals surface area contributed by atoms with Crippen LogP contribution in [-0.2, 0) is 9.59 Å². The third-order valence-electron chi connectivity index (χ3n) is 5.83. The predicted octanol–water partition coefficient (Wildman–Crippen LogP) is 5.99. The third kappa shape index (κ3) is 4.98. The lowest BCUT2D eigenvalue weighted by Gasteiger charge is -2.29. The van der Waals surface area contributed by atoms with Crippen molar-refractivity contribution in [2.45, 2.75) is 0 Å². The molecule has 1 aliphatic heterocycles. The highest BCUT2D eigenvalue weighted by Gasteiger charge is 2.34. The minimum atomic E-state index is -0.551. The number of carbonyl (C=O) groups excluding carboxylic acids is 2. The molecule has 1 aliphatic rings. The van der Waals surface area contributed by atoms with Crippen molar-refractivity contribution in [3.63, 3.8) is 0 Å². The van der Waals surface area contributed by atoms with Gasteiger partial charge >= 0.3 is 0 Å². The highest BCUT2D eigenvalue weighted by Crippen LogP contribution is 2.34. The highest BCUT2D eigenvalue weighted by atomic mass is 32.1. The van der Waals surface area contributed by atoms with Crippen LogP contribution >= 0.6 is 12.2 Å². The van der Waals surface area contributed by atoms with E-state index < -0.39 is 11.8 Å². The van der Waals surface area contributed by atoms with Gasteiger partial charge in [-0.25, -0.2) is 0 Å². The van der Waals surface area contributed by atoms with Gasteiger partial charge in [0, 0.05) is 5.56 Å². The van der Waals surface area contributed by atoms with E-state index in [1.807, 2.05) is 78.9 Å². The van der Waals surface area contributed by atoms with E-state index in [9.17, 15) is 9.59 Å². The maximum absolute atomic E-state index is 13.6. The number of benzene rings is 4. The number of methoxy groups -OCH3 is 1. The summed E-state index contributed by atoms with van der Waals surface area (Å²) in [6.07, 6.45) is 1.58. The quantitative estimate of drug-likeness (QED) is 0.198. The number of ether oxygens (including phenoxy) is 2. The van der Waals surface area contributed by atoms with Crippen LogP contribution in [0.2, 0.25) is 0 Å². The Balaban J connectivity index is 1.47. The van der Waals surface area contributed by atoms with Crippen molar-refractivity contribution < 1.29 is 19.1 Å². The maximum Gasteiger partial charge on any atom is 0.270 e. The van der Waals surface area contributed by atoms with Crippen LogP contribution in [0.5, 0.6) is 17.2 Å². The third-order valence-corrected chi connectivity index (χ3v) is 6.12. The van der Waals surface area contributed by atoms with Crippen molar-refractivity contribution >= 4 is 40.9 Å². The van der Waals surface area contributed by atoms with E-state index in [1.165, 1.54) is 4.90 Å². The van der Waals surface area contributed by atoms with Crippen LogP contribution in [0.3, 0.4) is 0 Å². The Morgan fingerprint density at radius 3 is 2.11 bits per heavy atom. The van der Waals surface area contributed by atoms with Gasteiger partial charge in [0.25, 0.3) is 11.8 Å². The van der Waals surface area contributed by atoms with Crippen molar-refractivity contribution in [3.8, 4) is 28.4 Å². The summed E-state index contributed by atoms with van der Waals surface area (Å²) >= 11 is 5.35. The van der Waals surface area contributed by atoms with Crippen LogP contribution < -0.4 is 19.7 Å². The van der Waals surface area contributed by atoms with Gasteiger partial charge in [0.2, 0.25) is 0 Å². The fraction of sp³-hybridized carbons (Fsp3) is 0.0333. The Hall–Kier alpha value is -4.75. The molecule has 37 heavy (non-hydrogen) atoms. The second-order valence-corrected chi connectivity index (χ2v) is 8.54. The number of para-hydroxylation sites is 2. The molecule has 0 aromatic heterocycles. The van der Waals surface area contributed by atoms with Crippen LogP contribution in [0.1, 0.15) is 5.56 Å². The Labute approximate surface area is 219 Å². The molecule has 4 aromatic carbocycles. The zero-order valence-electron chi connectivity index (χ0n) is 19.9. The number of amides is 2. The second-order valence-electron chi connectivity index (χ2n) is 8.15. The summed E-state index contributed by atoms with van der Waals surface area (Å²) in [5.41, 5.74) is 2.86. The molecule has 0 atom stereocenters. The Morgan fingerprint density at radius 2 is 1.38 bits per heavy atom. The molecule has 2 amide bonds. The van der Waals surface area contributed by atoms with Gasteiger partial charge in [0.1, 0.15) is 22.8 Å². The number of nitrogens with one attached hydrogen (secondary N) is 1. The first-order valence-corrected chi connectivity index (χ1v) is 11.9. The number of hydrogen-bond acceptors (Lipinski definition) is 5. The van der Waals surface area contributed by atoms with Gasteiger partial charge in [-0.05, 0) is 71.9 Å². The molecule has 7 heteroatoms. The van der Waals surface area contributed by atoms with E-state index in [2.05, 4.69) is 5.32 Å². The molecule has 1 heterocycles. The lowest BCUT2D eigenvalue weighted by molar-refractivity contribution is -0.122. The molecule has 0 saturated carbocycles. The van der Waals surface area contributed by atoms with E-state index >= 15 is 0 Å². The van der Waals surface area contributed by atoms with Gasteiger partial charge in [-0.1, -0.05) is 60.7 Å². The molecule has 0 aliphatic carbocycles. The lowest BCUT2D eigenvalue weighted by Crippen LogP contribution is -2.54. The Morgan fingerprint density at radius 1 is 0.757 bits per heavy atom. The molecule has 5 rings (SSSR count). The van der Waals surface area contributed by atoms with E-state index in [1.54, 1.807) is 37.5 Å². The fourth-order valence-electron chi connectivity index (χ4n) is 4.07. The zero-order chi connectivity index (χ0) is 25.8. The molecule has 0 unspecified atom stereocenters. The Kier molecular flexibility index (Phi) is 6.78. The molecule has 6 nitrogen and oxygen atoms in total. The van der Waals surface area contributed by atoms with Gasteiger partial charge < -0.3 is 9.47 Å². The summed E-state index contributed by atoms with van der Waals surface area (Å²) in [7, 11) is 1.60. The summed E-state index contributed by atoms with van der Waals surface area (Å²) < 4.78 is 11.4. The Bertz CT molecular complexity index is 1510. The van der Waals surface area contributed by atoms with E-state index in [0.717, 1.165) is 11.1 Å². The normalized spacial score (nSPS) is 14.5. The minimum absolute atomic E-state index is 0.0156. The first kappa shape index (κ1) is 24.0. The molecular weight excluding hydrogens is 484 g/mol. The van der Waals surface area contributed by atoms with Crippen molar-refractivity contribution in [2.75, 3.05) is 12.0 Å². The standard InChI is InChI=1S/C30H22N2O4S/c1-35-27-14-8-7-13-25(27)24-12-6-5-9-20(24)19-26-28(33)31-30(37)32(29(26)34)21-15-17-23(18-16-21)36-22-10-3-2-4-11-22/h2-19H,1H3,(H,31,33,37)/b26-19+. The fourth-order valence-corrected chi connectivity index (χ4v) is 4.35. The molecular formula is C30H22N2O4S. The van der Waals surface area contributed by atoms with E-state index in [0.29, 0.717) is 28.5 Å². The molecule has 182 valence electrons. The monoisotopic (exact) mass is 506 g/mol. The summed E-state index contributed by atoms with van der Waals surface area (Å²) in [4.78, 5) is 27.7. The van der Waals surface area contributed by atoms with Gasteiger partial charge in [0.05, 0.1) is 12.8 Å². The maximum atomic E-state index is 13.6. The number of rotatable bonds is 6. The first-order valence-electron chi connectivity index (χ1n) is 11.5. The zero-order valence-corrected chi connectivity index (χ0v) is 20.7. The van der Waals surface area contributed by atoms with Crippen LogP contribution in [0.15, 0.2) is 109 Å². The summed E-state index contributed by atoms with van der Waals surface area (Å²) in [6, 6.07) is 31.4. The highest BCUT2D eigenvalue weighted by molar-refractivity contribution is 7.80. The van der Waals surface area contributed by atoms with Crippen molar-refractivity contribution in [1.82, 2.24) is 5.32 Å². The minimum Gasteiger partial charge on any atom is -0.496 e. The SMILES string of the molecule is COc1ccccc1-c1ccccc1/C=C1\C(=O)NC(=S)N(c2ccc(Oc3ccccc3)cc2)C1=O. The molecule has 1 saturated heterocycles. The average molecular weight is 507 g/mol. The second kappa shape index (κ2) is 10.5. The molecule has 1 N–H and O–H groups in total. The molecule has 0 bridgehead atoms. The number of carbonyl (C=O) groups is 2. The first-order chi connectivity index (χ1) is 18.0. The number of anilines is 1. The molecule has 0 spiro atoms. The number of hydrogen-bond donors (Lipinski definition) is 1. The molecule has 4 aromatic rings. The van der Waals surface area contributed by atoms with Crippen LogP contribution in [-0.4, -0.2) is 24.0 Å². The van der Waals surface area contributed by atoms with Crippen molar-refractivity contribution in [2.24, 2.45) is 0 Å². The number of nitrogens with zero attached hydrogens (tertiary/aromatic N) is 1. The smallest absolute Gasteiger partial charge is 0.270 e. The van der Waals surface area contributed by atoms with E-state index in [-0.39, 0.29) is 10.7 Å². The summed E-state index contributed by atoms with van der Waals surface area (Å²) in [6.45, 7) is 0. The lowest BCUT2D eigenvalue weighted by atomic mass is 9.96. The predicted molar refractivity (Wildman–Crippen MR) is 148 cm³/mol. The summed E-state index contributed by atoms with van der Waals surface area (Å²) in [5.74, 6) is 0.931. The van der Waals surface area contributed by atoms with Crippen LogP contribution in [0, 0.1) is 0 Å². The number of thiocarbonyl (C=S) groups is 1. The molecule has 0 radical (unpaired) electrons. The van der Waals surface area contributed by atoms with E-state index in [4.69, 9.17) is 21.7 Å². The van der Waals surface area contributed by atoms with Gasteiger partial charge in [-0.15, -0.1) is 0 Å². The summed E-state index contributed by atoms with van der Waals surface area (Å²) in [5, 5.41) is 2.65. The van der Waals surface area contributed by atoms with Gasteiger partial charge in [-0.3, -0.25) is 19.8 Å². The van der Waals surface area contributed by atoms with Gasteiger partial charge in [-0.2, -0.15) is 0 Å². The van der Waals surface area contributed by atoms with Crippen LogP contribution in [0.25, 0.3) is 17.2 Å². The van der Waals surface area contributed by atoms with Crippen molar-refractivity contribution in [3.05, 3.63) is 114 Å².